The van der Waals surface area contributed by atoms with Gasteiger partial charge in [0.1, 0.15) is 25.5 Å². The Morgan fingerprint density at radius 1 is 1.00 bits per heavy atom. The van der Waals surface area contributed by atoms with Crippen molar-refractivity contribution in [2.24, 2.45) is 0 Å². The van der Waals surface area contributed by atoms with Crippen molar-refractivity contribution in [1.82, 2.24) is 5.32 Å². The Balaban J connectivity index is 1.60. The summed E-state index contributed by atoms with van der Waals surface area (Å²) in [6.45, 7) is 2.46. The monoisotopic (exact) mass is 482 g/mol. The second-order valence-electron chi connectivity index (χ2n) is 7.74. The summed E-state index contributed by atoms with van der Waals surface area (Å²) in [5.41, 5.74) is 2.14. The standard InChI is InChI=1S/C25H26N2O6S/c1-18-7-9-20(10-8-18)27(17-25(28)26-16-19-5-3-4-6-22(19)31-2)34(29,30)21-11-12-23-24(15-21)33-14-13-32-23/h3-12,15H,13-14,16-17H2,1-2H3,(H,26,28). The molecule has 1 amide bonds. The van der Waals surface area contributed by atoms with Gasteiger partial charge in [0.2, 0.25) is 5.91 Å². The Labute approximate surface area is 199 Å². The Kier molecular flexibility index (Phi) is 6.93. The minimum atomic E-state index is -4.08. The molecule has 0 saturated carbocycles. The molecule has 3 aromatic carbocycles. The fourth-order valence-corrected chi connectivity index (χ4v) is 5.00. The van der Waals surface area contributed by atoms with Gasteiger partial charge in [-0.05, 0) is 37.3 Å². The quantitative estimate of drug-likeness (QED) is 0.530. The second-order valence-corrected chi connectivity index (χ2v) is 9.60. The summed E-state index contributed by atoms with van der Waals surface area (Å²) in [5.74, 6) is 1.04. The van der Waals surface area contributed by atoms with E-state index in [0.717, 1.165) is 15.4 Å². The molecule has 4 rings (SSSR count). The molecule has 0 spiro atoms. The number of ether oxygens (including phenoxy) is 3. The molecule has 0 atom stereocenters. The minimum absolute atomic E-state index is 0.00912. The number of nitrogens with one attached hydrogen (secondary N) is 1. The number of anilines is 1. The third kappa shape index (κ3) is 5.09. The topological polar surface area (TPSA) is 94.2 Å². The number of benzene rings is 3. The van der Waals surface area contributed by atoms with Crippen LogP contribution in [-0.4, -0.2) is 41.2 Å². The highest BCUT2D eigenvalue weighted by Crippen LogP contribution is 2.34. The third-order valence-electron chi connectivity index (χ3n) is 5.38. The molecule has 9 heteroatoms. The fraction of sp³-hybridized carbons (Fsp3) is 0.240. The lowest BCUT2D eigenvalue weighted by Crippen LogP contribution is -2.40. The van der Waals surface area contributed by atoms with Gasteiger partial charge in [-0.2, -0.15) is 0 Å². The molecule has 34 heavy (non-hydrogen) atoms. The van der Waals surface area contributed by atoms with E-state index >= 15 is 0 Å². The van der Waals surface area contributed by atoms with Crippen molar-refractivity contribution >= 4 is 21.6 Å². The summed E-state index contributed by atoms with van der Waals surface area (Å²) in [4.78, 5) is 12.9. The molecule has 1 heterocycles. The molecule has 178 valence electrons. The van der Waals surface area contributed by atoms with Gasteiger partial charge in [0, 0.05) is 18.2 Å². The first-order chi connectivity index (χ1) is 16.4. The van der Waals surface area contributed by atoms with Crippen LogP contribution < -0.4 is 23.8 Å². The number of aryl methyl sites for hydroxylation is 1. The Hall–Kier alpha value is -3.72. The molecule has 3 aromatic rings. The van der Waals surface area contributed by atoms with Gasteiger partial charge < -0.3 is 19.5 Å². The number of sulfonamides is 1. The van der Waals surface area contributed by atoms with E-state index in [2.05, 4.69) is 5.32 Å². The van der Waals surface area contributed by atoms with Crippen molar-refractivity contribution < 1.29 is 27.4 Å². The Morgan fingerprint density at radius 2 is 1.71 bits per heavy atom. The summed E-state index contributed by atoms with van der Waals surface area (Å²) in [7, 11) is -2.52. The van der Waals surface area contributed by atoms with Crippen LogP contribution in [0.15, 0.2) is 71.6 Å². The average Bonchev–Trinajstić information content (AvgIpc) is 2.86. The van der Waals surface area contributed by atoms with Gasteiger partial charge in [0.25, 0.3) is 10.0 Å². The van der Waals surface area contributed by atoms with E-state index in [9.17, 15) is 13.2 Å². The third-order valence-corrected chi connectivity index (χ3v) is 7.15. The van der Waals surface area contributed by atoms with Crippen molar-refractivity contribution in [3.63, 3.8) is 0 Å². The lowest BCUT2D eigenvalue weighted by atomic mass is 10.2. The smallest absolute Gasteiger partial charge is 0.264 e. The van der Waals surface area contributed by atoms with E-state index in [0.29, 0.717) is 36.1 Å². The maximum absolute atomic E-state index is 13.6. The van der Waals surface area contributed by atoms with Gasteiger partial charge in [0.15, 0.2) is 11.5 Å². The molecule has 0 aromatic heterocycles. The molecule has 0 radical (unpaired) electrons. The number of fused-ring (bicyclic) bond motifs is 1. The van der Waals surface area contributed by atoms with E-state index in [1.807, 2.05) is 25.1 Å². The first kappa shape index (κ1) is 23.4. The van der Waals surface area contributed by atoms with Crippen LogP contribution >= 0.6 is 0 Å². The minimum Gasteiger partial charge on any atom is -0.496 e. The Bertz CT molecular complexity index is 1270. The number of amides is 1. The van der Waals surface area contributed by atoms with Crippen molar-refractivity contribution in [2.45, 2.75) is 18.4 Å². The van der Waals surface area contributed by atoms with Gasteiger partial charge in [0.05, 0.1) is 17.7 Å². The van der Waals surface area contributed by atoms with Crippen LogP contribution in [0, 0.1) is 6.92 Å². The molecular weight excluding hydrogens is 456 g/mol. The molecule has 0 bridgehead atoms. The molecule has 0 saturated heterocycles. The zero-order chi connectivity index (χ0) is 24.1. The predicted molar refractivity (Wildman–Crippen MR) is 128 cm³/mol. The number of methoxy groups -OCH3 is 1. The SMILES string of the molecule is COc1ccccc1CNC(=O)CN(c1ccc(C)cc1)S(=O)(=O)c1ccc2c(c1)OCCO2. The van der Waals surface area contributed by atoms with E-state index in [1.54, 1.807) is 43.5 Å². The number of carbonyl (C=O) groups is 1. The van der Waals surface area contributed by atoms with Crippen LogP contribution in [0.2, 0.25) is 0 Å². The van der Waals surface area contributed by atoms with Gasteiger partial charge in [-0.3, -0.25) is 9.10 Å². The number of rotatable bonds is 8. The second kappa shape index (κ2) is 10.0. The van der Waals surface area contributed by atoms with Gasteiger partial charge in [-0.1, -0.05) is 35.9 Å². The molecular formula is C25H26N2O6S. The summed E-state index contributed by atoms with van der Waals surface area (Å²) in [6, 6.07) is 18.7. The molecule has 0 aliphatic carbocycles. The highest BCUT2D eigenvalue weighted by atomic mass is 32.2. The lowest BCUT2D eigenvalue weighted by molar-refractivity contribution is -0.119. The zero-order valence-electron chi connectivity index (χ0n) is 19.0. The summed E-state index contributed by atoms with van der Waals surface area (Å²) in [5, 5.41) is 2.79. The van der Waals surface area contributed by atoms with Gasteiger partial charge in [-0.25, -0.2) is 8.42 Å². The molecule has 8 nitrogen and oxygen atoms in total. The molecule has 1 N–H and O–H groups in total. The van der Waals surface area contributed by atoms with Crippen LogP contribution in [0.4, 0.5) is 5.69 Å². The van der Waals surface area contributed by atoms with E-state index in [4.69, 9.17) is 14.2 Å². The number of carbonyl (C=O) groups excluding carboxylic acids is 1. The number of hydrogen-bond donors (Lipinski definition) is 1. The van der Waals surface area contributed by atoms with Crippen molar-refractivity contribution in [3.05, 3.63) is 77.9 Å². The average molecular weight is 483 g/mol. The first-order valence-electron chi connectivity index (χ1n) is 10.8. The maximum atomic E-state index is 13.6. The summed E-state index contributed by atoms with van der Waals surface area (Å²) in [6.07, 6.45) is 0. The van der Waals surface area contributed by atoms with Gasteiger partial charge in [-0.15, -0.1) is 0 Å². The molecule has 0 unspecified atom stereocenters. The fourth-order valence-electron chi connectivity index (χ4n) is 3.57. The molecule has 0 fully saturated rings. The predicted octanol–water partition coefficient (Wildman–Crippen LogP) is 3.29. The summed E-state index contributed by atoms with van der Waals surface area (Å²) >= 11 is 0. The molecule has 1 aliphatic rings. The van der Waals surface area contributed by atoms with Crippen LogP contribution in [0.3, 0.4) is 0 Å². The lowest BCUT2D eigenvalue weighted by Gasteiger charge is -2.25. The van der Waals surface area contributed by atoms with Crippen LogP contribution in [0.5, 0.6) is 17.2 Å². The number of nitrogens with zero attached hydrogens (tertiary/aromatic N) is 1. The number of hydrogen-bond acceptors (Lipinski definition) is 6. The largest absolute Gasteiger partial charge is 0.496 e. The summed E-state index contributed by atoms with van der Waals surface area (Å²) < 4.78 is 44.7. The van der Waals surface area contributed by atoms with Crippen molar-refractivity contribution in [1.29, 1.82) is 0 Å². The van der Waals surface area contributed by atoms with Crippen molar-refractivity contribution in [2.75, 3.05) is 31.2 Å². The highest BCUT2D eigenvalue weighted by Gasteiger charge is 2.29. The maximum Gasteiger partial charge on any atom is 0.264 e. The normalized spacial score (nSPS) is 12.6. The van der Waals surface area contributed by atoms with Crippen molar-refractivity contribution in [3.8, 4) is 17.2 Å². The first-order valence-corrected chi connectivity index (χ1v) is 12.2. The van der Waals surface area contributed by atoms with Gasteiger partial charge >= 0.3 is 0 Å². The zero-order valence-corrected chi connectivity index (χ0v) is 19.8. The highest BCUT2D eigenvalue weighted by molar-refractivity contribution is 7.92. The molecule has 1 aliphatic heterocycles. The van der Waals surface area contributed by atoms with Crippen LogP contribution in [0.25, 0.3) is 0 Å². The van der Waals surface area contributed by atoms with Crippen LogP contribution in [-0.2, 0) is 21.4 Å². The van der Waals surface area contributed by atoms with E-state index in [-0.39, 0.29) is 11.4 Å². The van der Waals surface area contributed by atoms with E-state index < -0.39 is 22.5 Å². The van der Waals surface area contributed by atoms with Crippen LogP contribution in [0.1, 0.15) is 11.1 Å². The number of para-hydroxylation sites is 1. The van der Waals surface area contributed by atoms with E-state index in [1.165, 1.54) is 12.1 Å². The Morgan fingerprint density at radius 3 is 2.44 bits per heavy atom.